The number of rotatable bonds is 7. The van der Waals surface area contributed by atoms with Crippen LogP contribution in [0, 0.1) is 0 Å². The predicted octanol–water partition coefficient (Wildman–Crippen LogP) is 7.63. The van der Waals surface area contributed by atoms with Gasteiger partial charge >= 0.3 is 0 Å². The number of carbonyl (C=O) groups is 1. The molecule has 1 N–H and O–H groups in total. The van der Waals surface area contributed by atoms with Gasteiger partial charge in [0, 0.05) is 20.1 Å². The Morgan fingerprint density at radius 2 is 1.84 bits per heavy atom. The molecule has 3 rings (SSSR count). The smallest absolute Gasteiger partial charge is 0.271 e. The van der Waals surface area contributed by atoms with Crippen LogP contribution in [-0.4, -0.2) is 19.2 Å². The maximum Gasteiger partial charge on any atom is 0.271 e. The molecule has 1 amide bonds. The summed E-state index contributed by atoms with van der Waals surface area (Å²) < 4.78 is 13.6. The standard InChI is InChI=1S/C22H15Br3Cl2N2O3/c1-31-18-9-14(10-28-29-22(30)13-3-2-4-15(23)8-13)19(24)20(25)21(18)32-11-12-5-6-16(26)17(27)7-12/h2-10H,11H2,1H3,(H,29,30)/b28-10-. The van der Waals surface area contributed by atoms with Crippen molar-refractivity contribution < 1.29 is 14.3 Å². The summed E-state index contributed by atoms with van der Waals surface area (Å²) in [4.78, 5) is 12.3. The molecule has 0 aliphatic carbocycles. The average molecular weight is 666 g/mol. The fourth-order valence-corrected chi connectivity index (χ4v) is 4.28. The molecule has 0 radical (unpaired) electrons. The summed E-state index contributed by atoms with van der Waals surface area (Å²) in [5.74, 6) is 0.659. The lowest BCUT2D eigenvalue weighted by atomic mass is 10.2. The summed E-state index contributed by atoms with van der Waals surface area (Å²) in [6.07, 6.45) is 1.51. The Kier molecular flexibility index (Phi) is 9.02. The molecule has 166 valence electrons. The lowest BCUT2D eigenvalue weighted by molar-refractivity contribution is 0.0955. The minimum Gasteiger partial charge on any atom is -0.493 e. The van der Waals surface area contributed by atoms with Crippen molar-refractivity contribution in [2.24, 2.45) is 5.10 Å². The average Bonchev–Trinajstić information content (AvgIpc) is 2.78. The van der Waals surface area contributed by atoms with Crippen molar-refractivity contribution in [2.45, 2.75) is 6.61 Å². The molecule has 32 heavy (non-hydrogen) atoms. The molecule has 0 unspecified atom stereocenters. The van der Waals surface area contributed by atoms with Gasteiger partial charge in [-0.05, 0) is 73.8 Å². The summed E-state index contributed by atoms with van der Waals surface area (Å²) in [6.45, 7) is 0.258. The molecule has 0 saturated heterocycles. The Hall–Kier alpha value is -1.58. The van der Waals surface area contributed by atoms with E-state index in [4.69, 9.17) is 32.7 Å². The first-order valence-corrected chi connectivity index (χ1v) is 12.1. The summed E-state index contributed by atoms with van der Waals surface area (Å²) in [6, 6.07) is 14.1. The first kappa shape index (κ1) is 25.1. The van der Waals surface area contributed by atoms with Crippen LogP contribution in [0.3, 0.4) is 0 Å². The highest BCUT2D eigenvalue weighted by Gasteiger charge is 2.17. The fourth-order valence-electron chi connectivity index (χ4n) is 2.62. The fraction of sp³-hybridized carbons (Fsp3) is 0.0909. The molecule has 0 heterocycles. The predicted molar refractivity (Wildman–Crippen MR) is 138 cm³/mol. The second-order valence-corrected chi connectivity index (χ2v) is 9.69. The third kappa shape index (κ3) is 6.26. The van der Waals surface area contributed by atoms with Crippen LogP contribution in [0.25, 0.3) is 0 Å². The van der Waals surface area contributed by atoms with Gasteiger partial charge in [-0.25, -0.2) is 5.43 Å². The quantitative estimate of drug-likeness (QED) is 0.209. The molecule has 0 spiro atoms. The Balaban J connectivity index is 1.76. The zero-order chi connectivity index (χ0) is 23.3. The topological polar surface area (TPSA) is 59.9 Å². The highest BCUT2D eigenvalue weighted by Crippen LogP contribution is 2.42. The van der Waals surface area contributed by atoms with E-state index in [2.05, 4.69) is 58.3 Å². The maximum atomic E-state index is 12.3. The van der Waals surface area contributed by atoms with Gasteiger partial charge in [-0.3, -0.25) is 4.79 Å². The number of halogens is 5. The summed E-state index contributed by atoms with van der Waals surface area (Å²) >= 11 is 22.4. The molecule has 0 aliphatic heterocycles. The highest BCUT2D eigenvalue weighted by atomic mass is 79.9. The number of nitrogens with one attached hydrogen (secondary N) is 1. The molecule has 0 aromatic heterocycles. The van der Waals surface area contributed by atoms with Gasteiger partial charge in [0.15, 0.2) is 11.5 Å². The Labute approximate surface area is 220 Å². The van der Waals surface area contributed by atoms with E-state index in [9.17, 15) is 4.79 Å². The number of hydrazone groups is 1. The number of benzene rings is 3. The molecule has 3 aromatic carbocycles. The maximum absolute atomic E-state index is 12.3. The van der Waals surface area contributed by atoms with Gasteiger partial charge in [-0.15, -0.1) is 0 Å². The van der Waals surface area contributed by atoms with Gasteiger partial charge in [-0.2, -0.15) is 5.10 Å². The molecular formula is C22H15Br3Cl2N2O3. The van der Waals surface area contributed by atoms with Gasteiger partial charge in [0.2, 0.25) is 0 Å². The number of amides is 1. The van der Waals surface area contributed by atoms with Gasteiger partial charge in [0.05, 0.1) is 27.8 Å². The van der Waals surface area contributed by atoms with Crippen LogP contribution in [0.15, 0.2) is 67.1 Å². The van der Waals surface area contributed by atoms with Crippen molar-refractivity contribution in [2.75, 3.05) is 7.11 Å². The molecule has 0 bridgehead atoms. The minimum absolute atomic E-state index is 0.258. The number of hydrogen-bond donors (Lipinski definition) is 1. The normalized spacial score (nSPS) is 10.9. The number of nitrogens with zero attached hydrogens (tertiary/aromatic N) is 1. The molecule has 3 aromatic rings. The van der Waals surface area contributed by atoms with Crippen molar-refractivity contribution in [1.29, 1.82) is 0 Å². The van der Waals surface area contributed by atoms with Gasteiger partial charge in [0.25, 0.3) is 5.91 Å². The van der Waals surface area contributed by atoms with Crippen molar-refractivity contribution in [3.05, 3.63) is 88.7 Å². The van der Waals surface area contributed by atoms with Crippen molar-refractivity contribution in [3.8, 4) is 11.5 Å². The van der Waals surface area contributed by atoms with Crippen LogP contribution in [0.2, 0.25) is 10.0 Å². The Bertz CT molecular complexity index is 1190. The molecule has 0 saturated carbocycles. The van der Waals surface area contributed by atoms with Crippen LogP contribution < -0.4 is 14.9 Å². The van der Waals surface area contributed by atoms with Crippen LogP contribution in [0.1, 0.15) is 21.5 Å². The van der Waals surface area contributed by atoms with Crippen molar-refractivity contribution in [1.82, 2.24) is 5.43 Å². The monoisotopic (exact) mass is 662 g/mol. The number of methoxy groups -OCH3 is 1. The second-order valence-electron chi connectivity index (χ2n) is 6.37. The van der Waals surface area contributed by atoms with E-state index >= 15 is 0 Å². The highest BCUT2D eigenvalue weighted by molar-refractivity contribution is 9.13. The molecule has 10 heteroatoms. The van der Waals surface area contributed by atoms with Crippen LogP contribution in [0.5, 0.6) is 11.5 Å². The summed E-state index contributed by atoms with van der Waals surface area (Å²) in [7, 11) is 1.54. The largest absolute Gasteiger partial charge is 0.493 e. The minimum atomic E-state index is -0.328. The second kappa shape index (κ2) is 11.5. The molecule has 5 nitrogen and oxygen atoms in total. The van der Waals surface area contributed by atoms with Gasteiger partial charge in [0.1, 0.15) is 6.61 Å². The third-order valence-corrected chi connectivity index (χ3v) is 7.57. The zero-order valence-electron chi connectivity index (χ0n) is 16.5. The Morgan fingerprint density at radius 3 is 2.53 bits per heavy atom. The number of hydrogen-bond acceptors (Lipinski definition) is 4. The van der Waals surface area contributed by atoms with Crippen LogP contribution in [0.4, 0.5) is 0 Å². The number of carbonyl (C=O) groups excluding carboxylic acids is 1. The van der Waals surface area contributed by atoms with E-state index in [1.54, 1.807) is 36.4 Å². The summed E-state index contributed by atoms with van der Waals surface area (Å²) in [5.41, 5.74) is 4.52. The SMILES string of the molecule is COc1cc(/C=N\NC(=O)c2cccc(Br)c2)c(Br)c(Br)c1OCc1ccc(Cl)c(Cl)c1. The Morgan fingerprint density at radius 1 is 1.06 bits per heavy atom. The molecule has 0 atom stereocenters. The van der Waals surface area contributed by atoms with Crippen molar-refractivity contribution in [3.63, 3.8) is 0 Å². The summed E-state index contributed by atoms with van der Waals surface area (Å²) in [5, 5.41) is 4.99. The van der Waals surface area contributed by atoms with Crippen LogP contribution >= 0.6 is 71.0 Å². The van der Waals surface area contributed by atoms with E-state index in [1.807, 2.05) is 12.1 Å². The van der Waals surface area contributed by atoms with Gasteiger partial charge in [-0.1, -0.05) is 51.3 Å². The van der Waals surface area contributed by atoms with Crippen LogP contribution in [-0.2, 0) is 6.61 Å². The molecule has 0 aliphatic rings. The number of ether oxygens (including phenoxy) is 2. The van der Waals surface area contributed by atoms with E-state index in [1.165, 1.54) is 13.3 Å². The van der Waals surface area contributed by atoms with Crippen molar-refractivity contribution >= 4 is 83.1 Å². The molecule has 0 fully saturated rings. The van der Waals surface area contributed by atoms with E-state index in [-0.39, 0.29) is 12.5 Å². The first-order chi connectivity index (χ1) is 15.3. The van der Waals surface area contributed by atoms with Gasteiger partial charge < -0.3 is 9.47 Å². The molecular weight excluding hydrogens is 651 g/mol. The zero-order valence-corrected chi connectivity index (χ0v) is 22.7. The van der Waals surface area contributed by atoms with E-state index < -0.39 is 0 Å². The first-order valence-electron chi connectivity index (χ1n) is 9.01. The lowest BCUT2D eigenvalue weighted by Gasteiger charge is -2.15. The third-order valence-electron chi connectivity index (χ3n) is 4.20. The van der Waals surface area contributed by atoms with E-state index in [0.29, 0.717) is 41.6 Å². The lowest BCUT2D eigenvalue weighted by Crippen LogP contribution is -2.17. The van der Waals surface area contributed by atoms with E-state index in [0.717, 1.165) is 10.0 Å².